The molecule has 9 aromatic rings. The molecule has 0 atom stereocenters. The monoisotopic (exact) mass is 862 g/mol. The molecule has 0 saturated heterocycles. The summed E-state index contributed by atoms with van der Waals surface area (Å²) in [5.74, 6) is 0. The van der Waals surface area contributed by atoms with E-state index in [-0.39, 0.29) is 25.5 Å². The first kappa shape index (κ1) is 35.4. The average molecular weight is 862 g/mol. The number of hydrogen-bond donors (Lipinski definition) is 0. The van der Waals surface area contributed by atoms with E-state index in [4.69, 9.17) is 9.40 Å². The molecular weight excluding hydrogens is 827 g/mol. The molecule has 0 unspecified atom stereocenters. The summed E-state index contributed by atoms with van der Waals surface area (Å²) in [6, 6.07) is 61.9. The van der Waals surface area contributed by atoms with Crippen molar-refractivity contribution in [2.24, 2.45) is 0 Å². The maximum absolute atomic E-state index is 6.32. The number of nitrogens with zero attached hydrogens (tertiary/aromatic N) is 3. The van der Waals surface area contributed by atoms with E-state index in [9.17, 15) is 0 Å². The molecule has 1 radical (unpaired) electrons. The van der Waals surface area contributed by atoms with E-state index < -0.39 is 0 Å². The Morgan fingerprint density at radius 2 is 1.19 bits per heavy atom. The summed E-state index contributed by atoms with van der Waals surface area (Å²) < 4.78 is 6.32. The smallest absolute Gasteiger partial charge is 0.139 e. The van der Waals surface area contributed by atoms with Gasteiger partial charge in [-0.25, -0.2) is 4.98 Å². The molecule has 5 heteroatoms. The van der Waals surface area contributed by atoms with Gasteiger partial charge in [0.25, 0.3) is 0 Å². The summed E-state index contributed by atoms with van der Waals surface area (Å²) in [7, 11) is 0. The van der Waals surface area contributed by atoms with E-state index in [1.54, 1.807) is 6.20 Å². The number of hydrogen-bond acceptors (Lipinski definition) is 4. The first-order valence-electron chi connectivity index (χ1n) is 17.3. The molecule has 0 spiro atoms. The maximum atomic E-state index is 6.32. The second kappa shape index (κ2) is 15.7. The number of rotatable bonds is 6. The van der Waals surface area contributed by atoms with Crippen LogP contribution >= 0.6 is 0 Å². The summed E-state index contributed by atoms with van der Waals surface area (Å²) in [6.07, 6.45) is 3.64. The van der Waals surface area contributed by atoms with Gasteiger partial charge in [0.2, 0.25) is 0 Å². The molecule has 0 N–H and O–H groups in total. The molecule has 0 bridgehead atoms. The van der Waals surface area contributed by atoms with Crippen LogP contribution in [0.1, 0.15) is 25.1 Å². The largest absolute Gasteiger partial charge is 0.499 e. The minimum atomic E-state index is -0.228. The molecule has 4 heterocycles. The minimum Gasteiger partial charge on any atom is -0.499 e. The zero-order valence-electron chi connectivity index (χ0n) is 29.3. The van der Waals surface area contributed by atoms with Crippen molar-refractivity contribution in [2.45, 2.75) is 19.3 Å². The van der Waals surface area contributed by atoms with Gasteiger partial charge in [-0.3, -0.25) is 0 Å². The molecule has 53 heavy (non-hydrogen) atoms. The van der Waals surface area contributed by atoms with E-state index in [0.29, 0.717) is 0 Å². The first-order chi connectivity index (χ1) is 25.5. The Kier molecular flexibility index (Phi) is 10.5. The summed E-state index contributed by atoms with van der Waals surface area (Å²) >= 11 is 0. The fourth-order valence-electron chi connectivity index (χ4n) is 6.47. The average Bonchev–Trinajstić information content (AvgIpc) is 3.61. The van der Waals surface area contributed by atoms with Crippen LogP contribution in [0.4, 0.5) is 0 Å². The minimum absolute atomic E-state index is 0. The van der Waals surface area contributed by atoms with E-state index >= 15 is 0 Å². The Bertz CT molecular complexity index is 2530. The van der Waals surface area contributed by atoms with Gasteiger partial charge in [-0.05, 0) is 63.3 Å². The van der Waals surface area contributed by atoms with Crippen LogP contribution in [-0.2, 0) is 25.5 Å². The van der Waals surface area contributed by atoms with Gasteiger partial charge >= 0.3 is 0 Å². The quantitative estimate of drug-likeness (QED) is 0.156. The Morgan fingerprint density at radius 1 is 0.547 bits per heavy atom. The zero-order chi connectivity index (χ0) is 35.3. The van der Waals surface area contributed by atoms with Crippen molar-refractivity contribution in [3.63, 3.8) is 0 Å². The number of fused-ring (bicyclic) bond motifs is 3. The van der Waals surface area contributed by atoms with Gasteiger partial charge in [0.1, 0.15) is 5.58 Å². The normalized spacial score (nSPS) is 11.1. The van der Waals surface area contributed by atoms with Crippen LogP contribution in [0.3, 0.4) is 0 Å². The molecule has 4 aromatic heterocycles. The van der Waals surface area contributed by atoms with Crippen molar-refractivity contribution in [2.75, 3.05) is 0 Å². The number of aromatic nitrogens is 3. The second-order valence-electron chi connectivity index (χ2n) is 13.1. The van der Waals surface area contributed by atoms with Gasteiger partial charge in [-0.2, -0.15) is 0 Å². The molecule has 0 saturated carbocycles. The maximum Gasteiger partial charge on any atom is 0.139 e. The predicted molar refractivity (Wildman–Crippen MR) is 212 cm³/mol. The summed E-state index contributed by atoms with van der Waals surface area (Å²) in [6.45, 7) is 4.41. The number of pyridine rings is 3. The fraction of sp³-hybridized carbons (Fsp3) is 0.0625. The number of benzene rings is 5. The first-order valence-corrected chi connectivity index (χ1v) is 17.3. The molecule has 4 nitrogen and oxygen atoms in total. The van der Waals surface area contributed by atoms with Crippen molar-refractivity contribution in [3.8, 4) is 44.8 Å². The Hall–Kier alpha value is -6.00. The molecule has 0 aliphatic carbocycles. The van der Waals surface area contributed by atoms with Crippen LogP contribution in [0.25, 0.3) is 66.8 Å². The molecule has 9 rings (SSSR count). The van der Waals surface area contributed by atoms with Crippen LogP contribution in [0.2, 0.25) is 0 Å². The molecule has 0 fully saturated rings. The SMILES string of the molecule is CC(C)(c1ccccc1)c1ccc2oc3c(-c4cc(-c5ccccc5)ccn4)[c-]ccc3c2n1.[Ir].[c-]1ccc(-c2ccccc2)cc1-c1ccccn1. The third-order valence-corrected chi connectivity index (χ3v) is 9.38. The summed E-state index contributed by atoms with van der Waals surface area (Å²) in [5, 5.41) is 0.973. The van der Waals surface area contributed by atoms with Gasteiger partial charge in [0.05, 0.1) is 16.8 Å². The van der Waals surface area contributed by atoms with Crippen molar-refractivity contribution in [1.29, 1.82) is 0 Å². The topological polar surface area (TPSA) is 51.8 Å². The van der Waals surface area contributed by atoms with Gasteiger partial charge in [0.15, 0.2) is 0 Å². The third kappa shape index (κ3) is 7.50. The molecule has 0 aliphatic heterocycles. The molecular formula is C48H35IrN3O-2. The Morgan fingerprint density at radius 3 is 1.89 bits per heavy atom. The van der Waals surface area contributed by atoms with E-state index in [0.717, 1.165) is 61.4 Å². The van der Waals surface area contributed by atoms with E-state index in [1.165, 1.54) is 16.7 Å². The van der Waals surface area contributed by atoms with Crippen molar-refractivity contribution < 1.29 is 24.5 Å². The van der Waals surface area contributed by atoms with Gasteiger partial charge in [-0.15, -0.1) is 53.6 Å². The second-order valence-corrected chi connectivity index (χ2v) is 13.1. The Labute approximate surface area is 323 Å². The third-order valence-electron chi connectivity index (χ3n) is 9.38. The Balaban J connectivity index is 0.000000194. The molecule has 5 aromatic carbocycles. The standard InChI is InChI=1S/C31H23N2O.C17H12N.Ir/c1-31(2,23-12-7-4-8-13-23)28-17-16-27-29(33-28)25-15-9-14-24(30(25)34-27)26-20-22(18-19-32-26)21-10-5-3-6-11-21;1-2-7-14(8-3-1)15-9-6-10-16(13-15)17-11-4-5-12-18-17;/h3-13,15-20H,1-2H3;1-9,11-13H;/q2*-1;. The van der Waals surface area contributed by atoms with Crippen molar-refractivity contribution in [3.05, 3.63) is 200 Å². The van der Waals surface area contributed by atoms with Crippen LogP contribution in [0.15, 0.2) is 181 Å². The zero-order valence-corrected chi connectivity index (χ0v) is 31.7. The molecule has 0 amide bonds. The van der Waals surface area contributed by atoms with Crippen LogP contribution in [-0.4, -0.2) is 15.0 Å². The van der Waals surface area contributed by atoms with Gasteiger partial charge < -0.3 is 14.4 Å². The predicted octanol–water partition coefficient (Wildman–Crippen LogP) is 12.0. The van der Waals surface area contributed by atoms with Crippen molar-refractivity contribution >= 4 is 22.1 Å². The molecule has 0 aliphatic rings. The summed E-state index contributed by atoms with van der Waals surface area (Å²) in [5.41, 5.74) is 12.7. The van der Waals surface area contributed by atoms with Crippen LogP contribution < -0.4 is 0 Å². The van der Waals surface area contributed by atoms with E-state index in [2.05, 4.69) is 109 Å². The van der Waals surface area contributed by atoms with Crippen molar-refractivity contribution in [1.82, 2.24) is 15.0 Å². The summed E-state index contributed by atoms with van der Waals surface area (Å²) in [4.78, 5) is 14.1. The van der Waals surface area contributed by atoms with E-state index in [1.807, 2.05) is 97.2 Å². The van der Waals surface area contributed by atoms with Gasteiger partial charge in [-0.1, -0.05) is 129 Å². The molecule has 259 valence electrons. The van der Waals surface area contributed by atoms with Crippen LogP contribution in [0.5, 0.6) is 0 Å². The van der Waals surface area contributed by atoms with Gasteiger partial charge in [0, 0.05) is 37.9 Å². The number of furan rings is 1. The fourth-order valence-corrected chi connectivity index (χ4v) is 6.47. The van der Waals surface area contributed by atoms with Crippen LogP contribution in [0, 0.1) is 12.1 Å².